The van der Waals surface area contributed by atoms with Gasteiger partial charge in [-0.15, -0.1) is 5.10 Å². The fourth-order valence-corrected chi connectivity index (χ4v) is 3.29. The molecule has 0 bridgehead atoms. The van der Waals surface area contributed by atoms with Gasteiger partial charge >= 0.3 is 0 Å². The molecule has 0 spiro atoms. The van der Waals surface area contributed by atoms with E-state index in [1.165, 1.54) is 12.0 Å². The largest absolute Gasteiger partial charge is 0.352 e. The Balaban J connectivity index is 1.36. The Morgan fingerprint density at radius 2 is 2.00 bits per heavy atom. The van der Waals surface area contributed by atoms with Crippen LogP contribution in [0.4, 0.5) is 5.82 Å². The maximum Gasteiger partial charge on any atom is 0.244 e. The molecule has 4 rings (SSSR count). The van der Waals surface area contributed by atoms with E-state index < -0.39 is 0 Å². The molecule has 2 aromatic heterocycles. The van der Waals surface area contributed by atoms with Gasteiger partial charge in [0.05, 0.1) is 5.69 Å². The van der Waals surface area contributed by atoms with E-state index in [1.807, 2.05) is 17.2 Å². The molecular weight excluding hydrogens is 292 g/mol. The maximum atomic E-state index is 12.3. The number of aromatic nitrogens is 4. The summed E-state index contributed by atoms with van der Waals surface area (Å²) in [5.41, 5.74) is 2.49. The molecule has 23 heavy (non-hydrogen) atoms. The third kappa shape index (κ3) is 2.91. The van der Waals surface area contributed by atoms with Gasteiger partial charge in [-0.3, -0.25) is 9.48 Å². The van der Waals surface area contributed by atoms with Crippen LogP contribution in [0.3, 0.4) is 0 Å². The number of carbonyl (C=O) groups is 1. The highest BCUT2D eigenvalue weighted by atomic mass is 16.2. The van der Waals surface area contributed by atoms with Crippen molar-refractivity contribution >= 4 is 11.7 Å². The molecule has 7 heteroatoms. The predicted octanol–water partition coefficient (Wildman–Crippen LogP) is 0.511. The standard InChI is InChI=1S/C16H20N6O/c23-16(12-22-6-2-5-17-22)21-9-7-20(8-10-21)15-11-13-3-1-4-14(13)18-19-15/h2,5-6,11H,1,3-4,7-10,12H2. The second kappa shape index (κ2) is 5.98. The molecule has 0 aromatic carbocycles. The zero-order chi connectivity index (χ0) is 15.6. The Morgan fingerprint density at radius 3 is 2.78 bits per heavy atom. The van der Waals surface area contributed by atoms with Crippen LogP contribution >= 0.6 is 0 Å². The quantitative estimate of drug-likeness (QED) is 0.826. The highest BCUT2D eigenvalue weighted by molar-refractivity contribution is 5.76. The lowest BCUT2D eigenvalue weighted by Crippen LogP contribution is -2.50. The van der Waals surface area contributed by atoms with Crippen molar-refractivity contribution in [1.82, 2.24) is 24.9 Å². The molecule has 0 N–H and O–H groups in total. The minimum atomic E-state index is 0.119. The van der Waals surface area contributed by atoms with Crippen molar-refractivity contribution in [3.8, 4) is 0 Å². The first kappa shape index (κ1) is 14.2. The molecule has 0 atom stereocenters. The Labute approximate surface area is 134 Å². The van der Waals surface area contributed by atoms with Crippen LogP contribution in [0.2, 0.25) is 0 Å². The van der Waals surface area contributed by atoms with Crippen LogP contribution in [-0.4, -0.2) is 57.0 Å². The van der Waals surface area contributed by atoms with Crippen molar-refractivity contribution < 1.29 is 4.79 Å². The van der Waals surface area contributed by atoms with Crippen molar-refractivity contribution in [2.24, 2.45) is 0 Å². The lowest BCUT2D eigenvalue weighted by Gasteiger charge is -2.35. The van der Waals surface area contributed by atoms with Gasteiger partial charge in [0.1, 0.15) is 6.54 Å². The molecule has 0 unspecified atom stereocenters. The summed E-state index contributed by atoms with van der Waals surface area (Å²) in [6.45, 7) is 3.36. The smallest absolute Gasteiger partial charge is 0.244 e. The van der Waals surface area contributed by atoms with Crippen LogP contribution in [0.5, 0.6) is 0 Å². The monoisotopic (exact) mass is 312 g/mol. The van der Waals surface area contributed by atoms with Crippen molar-refractivity contribution in [3.05, 3.63) is 35.8 Å². The van der Waals surface area contributed by atoms with Gasteiger partial charge in [-0.1, -0.05) is 0 Å². The van der Waals surface area contributed by atoms with E-state index in [0.717, 1.165) is 50.5 Å². The van der Waals surface area contributed by atoms with E-state index in [4.69, 9.17) is 0 Å². The summed E-state index contributed by atoms with van der Waals surface area (Å²) in [7, 11) is 0. The molecule has 0 radical (unpaired) electrons. The fraction of sp³-hybridized carbons (Fsp3) is 0.500. The summed E-state index contributed by atoms with van der Waals surface area (Å²) in [4.78, 5) is 16.4. The van der Waals surface area contributed by atoms with E-state index in [9.17, 15) is 4.79 Å². The fourth-order valence-electron chi connectivity index (χ4n) is 3.29. The van der Waals surface area contributed by atoms with Crippen LogP contribution in [0.15, 0.2) is 24.5 Å². The lowest BCUT2D eigenvalue weighted by molar-refractivity contribution is -0.132. The van der Waals surface area contributed by atoms with E-state index in [-0.39, 0.29) is 5.91 Å². The number of aryl methyl sites for hydroxylation is 2. The molecule has 1 aliphatic carbocycles. The van der Waals surface area contributed by atoms with Gasteiger partial charge < -0.3 is 9.80 Å². The second-order valence-corrected chi connectivity index (χ2v) is 6.10. The number of amides is 1. The minimum absolute atomic E-state index is 0.119. The maximum absolute atomic E-state index is 12.3. The molecule has 3 heterocycles. The molecule has 1 aliphatic heterocycles. The van der Waals surface area contributed by atoms with Crippen LogP contribution in [0.25, 0.3) is 0 Å². The molecule has 1 saturated heterocycles. The first-order valence-corrected chi connectivity index (χ1v) is 8.15. The topological polar surface area (TPSA) is 67.2 Å². The Kier molecular flexibility index (Phi) is 3.69. The van der Waals surface area contributed by atoms with Gasteiger partial charge in [-0.25, -0.2) is 0 Å². The molecular formula is C16H20N6O. The Hall–Kier alpha value is -2.44. The summed E-state index contributed by atoms with van der Waals surface area (Å²) < 4.78 is 1.67. The molecule has 1 fully saturated rings. The number of nitrogens with zero attached hydrogens (tertiary/aromatic N) is 6. The average Bonchev–Trinajstić information content (AvgIpc) is 3.25. The molecule has 2 aromatic rings. The van der Waals surface area contributed by atoms with Gasteiger partial charge in [-0.2, -0.15) is 10.2 Å². The normalized spacial score (nSPS) is 17.4. The van der Waals surface area contributed by atoms with E-state index >= 15 is 0 Å². The number of hydrogen-bond donors (Lipinski definition) is 0. The molecule has 120 valence electrons. The van der Waals surface area contributed by atoms with Gasteiger partial charge in [0.2, 0.25) is 5.91 Å². The zero-order valence-electron chi connectivity index (χ0n) is 13.1. The number of hydrogen-bond acceptors (Lipinski definition) is 5. The number of piperazine rings is 1. The molecule has 2 aliphatic rings. The number of rotatable bonds is 3. The van der Waals surface area contributed by atoms with Crippen molar-refractivity contribution in [2.75, 3.05) is 31.1 Å². The van der Waals surface area contributed by atoms with Gasteiger partial charge in [0.25, 0.3) is 0 Å². The first-order chi connectivity index (χ1) is 11.3. The predicted molar refractivity (Wildman–Crippen MR) is 85.1 cm³/mol. The SMILES string of the molecule is O=C(Cn1cccn1)N1CCN(c2cc3c(nn2)CCC3)CC1. The van der Waals surface area contributed by atoms with Crippen molar-refractivity contribution in [3.63, 3.8) is 0 Å². The summed E-state index contributed by atoms with van der Waals surface area (Å²) in [6, 6.07) is 4.01. The third-order valence-electron chi connectivity index (χ3n) is 4.62. The summed E-state index contributed by atoms with van der Waals surface area (Å²) in [5, 5.41) is 12.8. The van der Waals surface area contributed by atoms with Crippen LogP contribution in [0, 0.1) is 0 Å². The molecule has 7 nitrogen and oxygen atoms in total. The first-order valence-electron chi connectivity index (χ1n) is 8.15. The highest BCUT2D eigenvalue weighted by Gasteiger charge is 2.23. The van der Waals surface area contributed by atoms with Gasteiger partial charge in [-0.05, 0) is 37.0 Å². The number of carbonyl (C=O) groups excluding carboxylic acids is 1. The number of fused-ring (bicyclic) bond motifs is 1. The molecule has 1 amide bonds. The lowest BCUT2D eigenvalue weighted by atomic mass is 10.2. The van der Waals surface area contributed by atoms with Crippen LogP contribution < -0.4 is 4.90 Å². The van der Waals surface area contributed by atoms with Crippen molar-refractivity contribution in [1.29, 1.82) is 0 Å². The minimum Gasteiger partial charge on any atom is -0.352 e. The van der Waals surface area contributed by atoms with E-state index in [2.05, 4.69) is 26.3 Å². The van der Waals surface area contributed by atoms with Crippen LogP contribution in [-0.2, 0) is 24.2 Å². The van der Waals surface area contributed by atoms with Crippen molar-refractivity contribution in [2.45, 2.75) is 25.8 Å². The highest BCUT2D eigenvalue weighted by Crippen LogP contribution is 2.23. The number of anilines is 1. The Bertz CT molecular complexity index is 691. The second-order valence-electron chi connectivity index (χ2n) is 6.10. The van der Waals surface area contributed by atoms with E-state index in [1.54, 1.807) is 10.9 Å². The van der Waals surface area contributed by atoms with Gasteiger partial charge in [0, 0.05) is 38.6 Å². The zero-order valence-corrected chi connectivity index (χ0v) is 13.1. The van der Waals surface area contributed by atoms with E-state index in [0.29, 0.717) is 6.54 Å². The van der Waals surface area contributed by atoms with Crippen LogP contribution in [0.1, 0.15) is 17.7 Å². The average molecular weight is 312 g/mol. The summed E-state index contributed by atoms with van der Waals surface area (Å²) >= 11 is 0. The van der Waals surface area contributed by atoms with Gasteiger partial charge in [0.15, 0.2) is 5.82 Å². The third-order valence-corrected chi connectivity index (χ3v) is 4.62. The summed E-state index contributed by atoms with van der Waals surface area (Å²) in [6.07, 6.45) is 6.85. The molecule has 0 saturated carbocycles. The summed E-state index contributed by atoms with van der Waals surface area (Å²) in [5.74, 6) is 1.07. The Morgan fingerprint density at radius 1 is 1.13 bits per heavy atom.